The number of amides is 1. The first-order valence-corrected chi connectivity index (χ1v) is 11.4. The highest BCUT2D eigenvalue weighted by Crippen LogP contribution is 2.29. The van der Waals surface area contributed by atoms with Crippen molar-refractivity contribution in [1.29, 1.82) is 0 Å². The van der Waals surface area contributed by atoms with Crippen LogP contribution in [0.4, 0.5) is 13.9 Å². The molecule has 0 spiro atoms. The van der Waals surface area contributed by atoms with Crippen molar-refractivity contribution in [2.24, 2.45) is 0 Å². The Balaban J connectivity index is 1.35. The molecule has 6 nitrogen and oxygen atoms in total. The summed E-state index contributed by atoms with van der Waals surface area (Å²) in [7, 11) is 0. The minimum Gasteiger partial charge on any atom is -0.484 e. The van der Waals surface area contributed by atoms with E-state index in [4.69, 9.17) is 20.8 Å². The van der Waals surface area contributed by atoms with Gasteiger partial charge in [0.25, 0.3) is 5.91 Å². The second-order valence-corrected chi connectivity index (χ2v) is 8.71. The molecule has 2 heterocycles. The molecular formula is C22H14BrClF2N2O4S. The summed E-state index contributed by atoms with van der Waals surface area (Å²) >= 11 is 10.7. The van der Waals surface area contributed by atoms with Gasteiger partial charge in [0.2, 0.25) is 0 Å². The first-order valence-electron chi connectivity index (χ1n) is 9.36. The lowest BCUT2D eigenvalue weighted by molar-refractivity contribution is -0.0498. The van der Waals surface area contributed by atoms with Gasteiger partial charge in [-0.3, -0.25) is 10.1 Å². The molecule has 11 heteroatoms. The molecular weight excluding hydrogens is 542 g/mol. The van der Waals surface area contributed by atoms with E-state index in [-0.39, 0.29) is 18.1 Å². The summed E-state index contributed by atoms with van der Waals surface area (Å²) in [6.45, 7) is -2.79. The maximum Gasteiger partial charge on any atom is 0.387 e. The highest BCUT2D eigenvalue weighted by atomic mass is 79.9. The van der Waals surface area contributed by atoms with E-state index in [0.717, 1.165) is 4.47 Å². The van der Waals surface area contributed by atoms with Gasteiger partial charge in [0.15, 0.2) is 10.9 Å². The molecule has 0 unspecified atom stereocenters. The van der Waals surface area contributed by atoms with Crippen molar-refractivity contribution in [1.82, 2.24) is 4.98 Å². The maximum atomic E-state index is 12.5. The molecule has 1 N–H and O–H groups in total. The van der Waals surface area contributed by atoms with Crippen LogP contribution >= 0.6 is 38.9 Å². The monoisotopic (exact) mass is 554 g/mol. The van der Waals surface area contributed by atoms with Gasteiger partial charge < -0.3 is 13.9 Å². The van der Waals surface area contributed by atoms with E-state index in [1.165, 1.54) is 29.5 Å². The molecule has 0 radical (unpaired) electrons. The largest absolute Gasteiger partial charge is 0.484 e. The number of benzene rings is 2. The van der Waals surface area contributed by atoms with Gasteiger partial charge in [-0.25, -0.2) is 4.98 Å². The number of hydrogen-bond acceptors (Lipinski definition) is 6. The zero-order valence-corrected chi connectivity index (χ0v) is 19.7. The number of nitrogens with one attached hydrogen (secondary N) is 1. The normalized spacial score (nSPS) is 10.9. The Kier molecular flexibility index (Phi) is 7.26. The van der Waals surface area contributed by atoms with Gasteiger partial charge >= 0.3 is 6.61 Å². The van der Waals surface area contributed by atoms with Crippen molar-refractivity contribution >= 4 is 49.9 Å². The smallest absolute Gasteiger partial charge is 0.387 e. The molecule has 0 atom stereocenters. The highest BCUT2D eigenvalue weighted by molar-refractivity contribution is 9.10. The lowest BCUT2D eigenvalue weighted by atomic mass is 10.2. The number of anilines is 1. The van der Waals surface area contributed by atoms with Gasteiger partial charge in [-0.2, -0.15) is 8.78 Å². The number of nitrogens with zero attached hydrogens (tertiary/aromatic N) is 1. The van der Waals surface area contributed by atoms with Gasteiger partial charge in [0.1, 0.15) is 23.9 Å². The predicted molar refractivity (Wildman–Crippen MR) is 124 cm³/mol. The van der Waals surface area contributed by atoms with Crippen LogP contribution in [0.1, 0.15) is 16.3 Å². The molecule has 0 aliphatic carbocycles. The lowest BCUT2D eigenvalue weighted by Crippen LogP contribution is -2.10. The van der Waals surface area contributed by atoms with E-state index in [9.17, 15) is 13.6 Å². The average Bonchev–Trinajstić information content (AvgIpc) is 3.43. The van der Waals surface area contributed by atoms with E-state index in [1.807, 2.05) is 0 Å². The topological polar surface area (TPSA) is 73.6 Å². The second kappa shape index (κ2) is 10.3. The van der Waals surface area contributed by atoms with Crippen LogP contribution in [0.25, 0.3) is 11.3 Å². The van der Waals surface area contributed by atoms with Crippen molar-refractivity contribution in [2.45, 2.75) is 13.2 Å². The van der Waals surface area contributed by atoms with Crippen LogP contribution in [-0.2, 0) is 6.61 Å². The second-order valence-electron chi connectivity index (χ2n) is 6.52. The molecule has 2 aromatic carbocycles. The molecule has 0 aliphatic rings. The fraction of sp³-hybridized carbons (Fsp3) is 0.0909. The standard InChI is InChI=1S/C22H14BrClF2N2O4S/c23-13-3-7-18(16(24)9-13)30-10-15-6-8-19(31-15)20(29)28-22-27-17(11-33-22)12-1-4-14(5-2-12)32-21(25)26/h1-9,11,21H,10H2,(H,27,28,29). The van der Waals surface area contributed by atoms with Gasteiger partial charge in [-0.15, -0.1) is 11.3 Å². The number of thiazole rings is 1. The number of ether oxygens (including phenoxy) is 2. The Bertz CT molecular complexity index is 1260. The number of aromatic nitrogens is 1. The number of rotatable bonds is 8. The molecule has 0 saturated heterocycles. The quantitative estimate of drug-likeness (QED) is 0.248. The molecule has 4 aromatic rings. The zero-order valence-electron chi connectivity index (χ0n) is 16.6. The van der Waals surface area contributed by atoms with E-state index in [1.54, 1.807) is 41.8 Å². The maximum absolute atomic E-state index is 12.5. The summed E-state index contributed by atoms with van der Waals surface area (Å²) in [5.74, 6) is 0.624. The van der Waals surface area contributed by atoms with Crippen LogP contribution in [0.3, 0.4) is 0 Å². The first kappa shape index (κ1) is 23.2. The summed E-state index contributed by atoms with van der Waals surface area (Å²) in [5, 5.41) is 5.22. The van der Waals surface area contributed by atoms with Crippen molar-refractivity contribution in [3.63, 3.8) is 0 Å². The summed E-state index contributed by atoms with van der Waals surface area (Å²) < 4.78 is 40.9. The number of carbonyl (C=O) groups is 1. The molecule has 2 aromatic heterocycles. The molecule has 1 amide bonds. The Morgan fingerprint density at radius 3 is 2.70 bits per heavy atom. The van der Waals surface area contributed by atoms with E-state index >= 15 is 0 Å². The zero-order chi connectivity index (χ0) is 23.4. The predicted octanol–water partition coefficient (Wildman–Crippen LogP) is 7.25. The summed E-state index contributed by atoms with van der Waals surface area (Å²) in [6.07, 6.45) is 0. The van der Waals surface area contributed by atoms with Gasteiger partial charge in [-0.05, 0) is 54.6 Å². The molecule has 0 fully saturated rings. The highest BCUT2D eigenvalue weighted by Gasteiger charge is 2.15. The fourth-order valence-corrected chi connectivity index (χ4v) is 4.19. The molecule has 4 rings (SSSR count). The van der Waals surface area contributed by atoms with Crippen LogP contribution in [0.5, 0.6) is 11.5 Å². The average molecular weight is 556 g/mol. The number of furan rings is 1. The third-order valence-electron chi connectivity index (χ3n) is 4.25. The molecule has 0 aliphatic heterocycles. The Labute approximate surface area is 204 Å². The fourth-order valence-electron chi connectivity index (χ4n) is 2.75. The number of carbonyl (C=O) groups excluding carboxylic acids is 1. The Hall–Kier alpha value is -2.95. The Morgan fingerprint density at radius 2 is 1.97 bits per heavy atom. The third-order valence-corrected chi connectivity index (χ3v) is 5.80. The summed E-state index contributed by atoms with van der Waals surface area (Å²) in [4.78, 5) is 16.8. The Morgan fingerprint density at radius 1 is 1.18 bits per heavy atom. The van der Waals surface area contributed by atoms with Crippen LogP contribution in [0, 0.1) is 0 Å². The van der Waals surface area contributed by atoms with E-state index in [0.29, 0.717) is 32.9 Å². The summed E-state index contributed by atoms with van der Waals surface area (Å²) in [5.41, 5.74) is 1.27. The third kappa shape index (κ3) is 6.10. The van der Waals surface area contributed by atoms with Crippen LogP contribution in [0.15, 0.2) is 68.9 Å². The molecule has 33 heavy (non-hydrogen) atoms. The molecule has 0 saturated carbocycles. The minimum absolute atomic E-state index is 0.0533. The number of halogens is 4. The minimum atomic E-state index is -2.89. The van der Waals surface area contributed by atoms with E-state index < -0.39 is 12.5 Å². The van der Waals surface area contributed by atoms with Crippen LogP contribution in [0.2, 0.25) is 5.02 Å². The molecule has 0 bridgehead atoms. The van der Waals surface area contributed by atoms with Crippen molar-refractivity contribution < 1.29 is 27.5 Å². The lowest BCUT2D eigenvalue weighted by Gasteiger charge is -2.06. The van der Waals surface area contributed by atoms with Gasteiger partial charge in [0, 0.05) is 15.4 Å². The van der Waals surface area contributed by atoms with Crippen molar-refractivity contribution in [2.75, 3.05) is 5.32 Å². The van der Waals surface area contributed by atoms with Crippen LogP contribution < -0.4 is 14.8 Å². The first-order chi connectivity index (χ1) is 15.9. The van der Waals surface area contributed by atoms with Crippen molar-refractivity contribution in [3.8, 4) is 22.8 Å². The van der Waals surface area contributed by atoms with Gasteiger partial charge in [0.05, 0.1) is 10.7 Å². The van der Waals surface area contributed by atoms with Crippen LogP contribution in [-0.4, -0.2) is 17.5 Å². The van der Waals surface area contributed by atoms with Gasteiger partial charge in [-0.1, -0.05) is 27.5 Å². The SMILES string of the molecule is O=C(Nc1nc(-c2ccc(OC(F)F)cc2)cs1)c1ccc(COc2ccc(Br)cc2Cl)o1. The summed E-state index contributed by atoms with van der Waals surface area (Å²) in [6, 6.07) is 14.5. The number of alkyl halides is 2. The van der Waals surface area contributed by atoms with Crippen molar-refractivity contribution in [3.05, 3.63) is 81.0 Å². The molecule has 170 valence electrons. The van der Waals surface area contributed by atoms with E-state index in [2.05, 4.69) is 31.0 Å². The number of hydrogen-bond donors (Lipinski definition) is 1.